The van der Waals surface area contributed by atoms with Gasteiger partial charge in [-0.25, -0.2) is 4.39 Å². The Morgan fingerprint density at radius 2 is 1.84 bits per heavy atom. The van der Waals surface area contributed by atoms with Crippen LogP contribution in [0.4, 0.5) is 10.1 Å². The molecule has 1 aromatic rings. The summed E-state index contributed by atoms with van der Waals surface area (Å²) in [5.74, 6) is 0.685. The number of hydrogen-bond donors (Lipinski definition) is 2. The fourth-order valence-electron chi connectivity index (χ4n) is 3.22. The summed E-state index contributed by atoms with van der Waals surface area (Å²) in [5, 5.41) is 13.6. The second-order valence-electron chi connectivity index (χ2n) is 6.70. The molecule has 0 amide bonds. The smallest absolute Gasteiger partial charge is 0.194 e. The first-order chi connectivity index (χ1) is 11.6. The number of aliphatic imine (C=N–C) groups is 1. The van der Waals surface area contributed by atoms with Crippen molar-refractivity contribution in [3.63, 3.8) is 0 Å². The van der Waals surface area contributed by atoms with Crippen LogP contribution in [-0.4, -0.2) is 60.8 Å². The van der Waals surface area contributed by atoms with Crippen LogP contribution in [0.5, 0.6) is 0 Å². The van der Waals surface area contributed by atoms with Crippen LogP contribution in [-0.2, 0) is 0 Å². The summed E-state index contributed by atoms with van der Waals surface area (Å²) >= 11 is 0. The number of anilines is 1. The van der Waals surface area contributed by atoms with Gasteiger partial charge in [0, 0.05) is 38.4 Å². The Labute approximate surface area is 166 Å². The quantitative estimate of drug-likeness (QED) is 0.410. The summed E-state index contributed by atoms with van der Waals surface area (Å²) in [7, 11) is 0. The first-order valence-electron chi connectivity index (χ1n) is 8.86. The predicted octanol–water partition coefficient (Wildman–Crippen LogP) is 2.45. The second-order valence-corrected chi connectivity index (χ2v) is 6.70. The van der Waals surface area contributed by atoms with Crippen LogP contribution in [0.25, 0.3) is 0 Å². The number of hydrogen-bond acceptors (Lipinski definition) is 3. The first kappa shape index (κ1) is 20.2. The number of guanidine groups is 1. The van der Waals surface area contributed by atoms with Gasteiger partial charge in [-0.3, -0.25) is 4.99 Å². The van der Waals surface area contributed by atoms with Crippen molar-refractivity contribution < 1.29 is 9.50 Å². The highest BCUT2D eigenvalue weighted by Gasteiger charge is 2.34. The molecular weight excluding hydrogens is 434 g/mol. The average Bonchev–Trinajstić information content (AvgIpc) is 2.58. The summed E-state index contributed by atoms with van der Waals surface area (Å²) in [6, 6.07) is 6.67. The molecule has 2 aliphatic rings. The maximum absolute atomic E-state index is 13.1. The molecule has 0 spiro atoms. The van der Waals surface area contributed by atoms with E-state index in [2.05, 4.69) is 27.0 Å². The monoisotopic (exact) mass is 462 g/mol. The van der Waals surface area contributed by atoms with E-state index in [9.17, 15) is 9.50 Å². The summed E-state index contributed by atoms with van der Waals surface area (Å²) < 4.78 is 13.1. The van der Waals surface area contributed by atoms with Crippen LogP contribution in [0, 0.1) is 5.82 Å². The Balaban J connectivity index is 0.00000225. The minimum absolute atomic E-state index is 0. The number of piperazine rings is 1. The van der Waals surface area contributed by atoms with E-state index >= 15 is 0 Å². The number of nitrogens with one attached hydrogen (secondary N) is 1. The molecule has 3 rings (SSSR count). The van der Waals surface area contributed by atoms with Crippen molar-refractivity contribution in [3.05, 3.63) is 30.1 Å². The number of nitrogens with zero attached hydrogens (tertiary/aromatic N) is 3. The molecule has 1 aromatic carbocycles. The Hall–Kier alpha value is -1.09. The number of halogens is 2. The van der Waals surface area contributed by atoms with Crippen LogP contribution in [0.1, 0.15) is 26.2 Å². The van der Waals surface area contributed by atoms with Gasteiger partial charge in [0.2, 0.25) is 0 Å². The van der Waals surface area contributed by atoms with Crippen molar-refractivity contribution in [2.24, 2.45) is 4.99 Å². The minimum atomic E-state index is -0.587. The van der Waals surface area contributed by atoms with E-state index in [1.54, 1.807) is 0 Å². The van der Waals surface area contributed by atoms with Crippen LogP contribution >= 0.6 is 24.0 Å². The van der Waals surface area contributed by atoms with Gasteiger partial charge in [0.05, 0.1) is 12.1 Å². The summed E-state index contributed by atoms with van der Waals surface area (Å²) in [6.07, 6.45) is 2.81. The standard InChI is InChI=1S/C18H27FN4O.HI/c1-2-20-17(21-14-18(24)8-3-9-18)23-12-10-22(11-13-23)16-6-4-15(19)5-7-16;/h4-7,24H,2-3,8-14H2,1H3,(H,20,21);1H. The highest BCUT2D eigenvalue weighted by atomic mass is 127. The zero-order valence-corrected chi connectivity index (χ0v) is 17.1. The predicted molar refractivity (Wildman–Crippen MR) is 110 cm³/mol. The molecule has 1 heterocycles. The molecule has 1 saturated heterocycles. The molecule has 0 aromatic heterocycles. The van der Waals surface area contributed by atoms with E-state index in [0.29, 0.717) is 6.54 Å². The molecule has 0 atom stereocenters. The molecule has 0 bridgehead atoms. The molecule has 1 aliphatic heterocycles. The van der Waals surface area contributed by atoms with Gasteiger partial charge >= 0.3 is 0 Å². The van der Waals surface area contributed by atoms with E-state index in [1.807, 2.05) is 12.1 Å². The van der Waals surface area contributed by atoms with Crippen molar-refractivity contribution in [1.29, 1.82) is 0 Å². The normalized spacial score (nSPS) is 19.9. The molecular formula is C18H28FIN4O. The third-order valence-corrected chi connectivity index (χ3v) is 4.91. The lowest BCUT2D eigenvalue weighted by atomic mass is 9.80. The number of rotatable bonds is 4. The summed E-state index contributed by atoms with van der Waals surface area (Å²) in [6.45, 7) is 6.83. The maximum Gasteiger partial charge on any atom is 0.194 e. The highest BCUT2D eigenvalue weighted by molar-refractivity contribution is 14.0. The van der Waals surface area contributed by atoms with Crippen LogP contribution in [0.3, 0.4) is 0 Å². The van der Waals surface area contributed by atoms with E-state index < -0.39 is 5.60 Å². The zero-order chi connectivity index (χ0) is 17.0. The van der Waals surface area contributed by atoms with Gasteiger partial charge in [-0.1, -0.05) is 0 Å². The molecule has 0 radical (unpaired) electrons. The molecule has 140 valence electrons. The van der Waals surface area contributed by atoms with Crippen molar-refractivity contribution in [2.75, 3.05) is 44.2 Å². The Bertz CT molecular complexity index is 569. The third-order valence-electron chi connectivity index (χ3n) is 4.91. The first-order valence-corrected chi connectivity index (χ1v) is 8.86. The summed E-state index contributed by atoms with van der Waals surface area (Å²) in [4.78, 5) is 9.16. The third kappa shape index (κ3) is 5.20. The Morgan fingerprint density at radius 3 is 2.36 bits per heavy atom. The zero-order valence-electron chi connectivity index (χ0n) is 14.7. The fraction of sp³-hybridized carbons (Fsp3) is 0.611. The van der Waals surface area contributed by atoms with E-state index in [1.165, 1.54) is 12.1 Å². The van der Waals surface area contributed by atoms with Crippen molar-refractivity contribution in [2.45, 2.75) is 31.8 Å². The largest absolute Gasteiger partial charge is 0.388 e. The average molecular weight is 462 g/mol. The van der Waals surface area contributed by atoms with Crippen molar-refractivity contribution in [3.8, 4) is 0 Å². The van der Waals surface area contributed by atoms with Gasteiger partial charge in [0.15, 0.2) is 5.96 Å². The molecule has 2 N–H and O–H groups in total. The molecule has 2 fully saturated rings. The van der Waals surface area contributed by atoms with E-state index in [0.717, 1.165) is 63.6 Å². The highest BCUT2D eigenvalue weighted by Crippen LogP contribution is 2.31. The molecule has 7 heteroatoms. The van der Waals surface area contributed by atoms with Gasteiger partial charge in [0.25, 0.3) is 0 Å². The van der Waals surface area contributed by atoms with Gasteiger partial charge in [-0.05, 0) is 50.5 Å². The van der Waals surface area contributed by atoms with Crippen molar-refractivity contribution >= 4 is 35.6 Å². The molecule has 5 nitrogen and oxygen atoms in total. The molecule has 1 saturated carbocycles. The van der Waals surface area contributed by atoms with E-state index in [-0.39, 0.29) is 29.8 Å². The van der Waals surface area contributed by atoms with Gasteiger partial charge in [-0.15, -0.1) is 24.0 Å². The molecule has 25 heavy (non-hydrogen) atoms. The molecule has 1 aliphatic carbocycles. The minimum Gasteiger partial charge on any atom is -0.388 e. The summed E-state index contributed by atoms with van der Waals surface area (Å²) in [5.41, 5.74) is 0.470. The van der Waals surface area contributed by atoms with Crippen LogP contribution in [0.2, 0.25) is 0 Å². The van der Waals surface area contributed by atoms with E-state index in [4.69, 9.17) is 0 Å². The van der Waals surface area contributed by atoms with Crippen LogP contribution in [0.15, 0.2) is 29.3 Å². The van der Waals surface area contributed by atoms with Crippen LogP contribution < -0.4 is 10.2 Å². The fourth-order valence-corrected chi connectivity index (χ4v) is 3.22. The maximum atomic E-state index is 13.1. The lowest BCUT2D eigenvalue weighted by molar-refractivity contribution is -0.0237. The lowest BCUT2D eigenvalue weighted by Gasteiger charge is -2.39. The second kappa shape index (κ2) is 9.02. The molecule has 0 unspecified atom stereocenters. The number of aliphatic hydroxyl groups is 1. The van der Waals surface area contributed by atoms with Crippen molar-refractivity contribution in [1.82, 2.24) is 10.2 Å². The van der Waals surface area contributed by atoms with Gasteiger partial charge in [-0.2, -0.15) is 0 Å². The topological polar surface area (TPSA) is 51.1 Å². The lowest BCUT2D eigenvalue weighted by Crippen LogP contribution is -2.53. The Morgan fingerprint density at radius 1 is 1.20 bits per heavy atom. The van der Waals surface area contributed by atoms with Gasteiger partial charge in [0.1, 0.15) is 5.82 Å². The number of benzene rings is 1. The van der Waals surface area contributed by atoms with Gasteiger partial charge < -0.3 is 20.2 Å². The SMILES string of the molecule is CCNC(=NCC1(O)CCC1)N1CCN(c2ccc(F)cc2)CC1.I. The Kier molecular flexibility index (Phi) is 7.30.